The molecule has 0 fully saturated rings. The maximum Gasteiger partial charge on any atom is 0.267 e. The summed E-state index contributed by atoms with van der Waals surface area (Å²) in [7, 11) is 0. The zero-order chi connectivity index (χ0) is 9.68. The number of halogens is 2. The van der Waals surface area contributed by atoms with Crippen molar-refractivity contribution in [2.75, 3.05) is 5.88 Å². The van der Waals surface area contributed by atoms with Crippen LogP contribution >= 0.6 is 27.5 Å². The van der Waals surface area contributed by atoms with Crippen LogP contribution in [0.25, 0.3) is 0 Å². The van der Waals surface area contributed by atoms with Gasteiger partial charge in [0.1, 0.15) is 4.47 Å². The number of allylic oxidation sites excluding steroid dienone is 2. The fraction of sp³-hybridized carbons (Fsp3) is 0.250. The Kier molecular flexibility index (Phi) is 4.18. The van der Waals surface area contributed by atoms with Gasteiger partial charge in [-0.25, -0.2) is 4.98 Å². The third-order valence-corrected chi connectivity index (χ3v) is 2.14. The molecule has 0 atom stereocenters. The molecule has 1 heterocycles. The van der Waals surface area contributed by atoms with Crippen LogP contribution in [0.5, 0.6) is 0 Å². The van der Waals surface area contributed by atoms with Crippen LogP contribution in [-0.4, -0.2) is 15.4 Å². The van der Waals surface area contributed by atoms with E-state index in [2.05, 4.69) is 20.9 Å². The van der Waals surface area contributed by atoms with E-state index in [0.29, 0.717) is 16.9 Å². The maximum absolute atomic E-state index is 11.4. The molecule has 0 bridgehead atoms. The van der Waals surface area contributed by atoms with Crippen molar-refractivity contribution in [3.8, 4) is 0 Å². The Morgan fingerprint density at radius 1 is 1.62 bits per heavy atom. The molecule has 5 heteroatoms. The number of rotatable bonds is 3. The predicted octanol–water partition coefficient (Wildman–Crippen LogP) is 1.80. The van der Waals surface area contributed by atoms with E-state index in [0.717, 1.165) is 0 Å². The molecule has 0 aliphatic carbocycles. The smallest absolute Gasteiger partial charge is 0.267 e. The highest BCUT2D eigenvalue weighted by Crippen LogP contribution is 1.97. The Morgan fingerprint density at radius 2 is 2.38 bits per heavy atom. The van der Waals surface area contributed by atoms with E-state index in [1.165, 1.54) is 17.1 Å². The molecule has 1 rings (SSSR count). The molecule has 0 saturated carbocycles. The van der Waals surface area contributed by atoms with Crippen molar-refractivity contribution in [3.05, 3.63) is 39.5 Å². The molecule has 0 amide bonds. The highest BCUT2D eigenvalue weighted by molar-refractivity contribution is 9.10. The zero-order valence-corrected chi connectivity index (χ0v) is 9.12. The molecular formula is C8H8BrClN2O. The molecule has 1 aromatic heterocycles. The number of hydrogen-bond acceptors (Lipinski definition) is 2. The number of alkyl halides is 1. The van der Waals surface area contributed by atoms with Crippen LogP contribution in [0.1, 0.15) is 0 Å². The summed E-state index contributed by atoms with van der Waals surface area (Å²) in [5.74, 6) is 0.455. The highest BCUT2D eigenvalue weighted by Gasteiger charge is 1.97. The fourth-order valence-corrected chi connectivity index (χ4v) is 1.28. The molecule has 0 radical (unpaired) electrons. The summed E-state index contributed by atoms with van der Waals surface area (Å²) >= 11 is 8.55. The van der Waals surface area contributed by atoms with Crippen molar-refractivity contribution < 1.29 is 0 Å². The first-order chi connectivity index (χ1) is 6.25. The second-order valence-corrected chi connectivity index (χ2v) is 3.49. The zero-order valence-electron chi connectivity index (χ0n) is 6.78. The van der Waals surface area contributed by atoms with Crippen LogP contribution < -0.4 is 5.56 Å². The van der Waals surface area contributed by atoms with Crippen molar-refractivity contribution in [2.45, 2.75) is 6.54 Å². The van der Waals surface area contributed by atoms with Gasteiger partial charge in [-0.3, -0.25) is 9.36 Å². The van der Waals surface area contributed by atoms with E-state index in [9.17, 15) is 4.79 Å². The quantitative estimate of drug-likeness (QED) is 0.616. The van der Waals surface area contributed by atoms with Gasteiger partial charge in [0.25, 0.3) is 5.56 Å². The monoisotopic (exact) mass is 262 g/mol. The Labute approximate surface area is 89.2 Å². The van der Waals surface area contributed by atoms with Gasteiger partial charge < -0.3 is 0 Å². The first-order valence-electron chi connectivity index (χ1n) is 3.66. The predicted molar refractivity (Wildman–Crippen MR) is 56.1 cm³/mol. The molecule has 0 saturated heterocycles. The summed E-state index contributed by atoms with van der Waals surface area (Å²) in [6.07, 6.45) is 6.58. The van der Waals surface area contributed by atoms with Crippen LogP contribution in [0.15, 0.2) is 33.9 Å². The Morgan fingerprint density at radius 3 is 3.08 bits per heavy atom. The van der Waals surface area contributed by atoms with Crippen molar-refractivity contribution in [3.63, 3.8) is 0 Å². The molecule has 1 aromatic rings. The molecule has 13 heavy (non-hydrogen) atoms. The molecule has 70 valence electrons. The topological polar surface area (TPSA) is 34.9 Å². The van der Waals surface area contributed by atoms with Gasteiger partial charge in [0.15, 0.2) is 0 Å². The van der Waals surface area contributed by atoms with Crippen LogP contribution in [0.2, 0.25) is 0 Å². The third-order valence-electron chi connectivity index (χ3n) is 1.42. The normalized spacial score (nSPS) is 10.9. The summed E-state index contributed by atoms with van der Waals surface area (Å²) in [6, 6.07) is 0. The highest BCUT2D eigenvalue weighted by atomic mass is 79.9. The Hall–Kier alpha value is -0.610. The van der Waals surface area contributed by atoms with E-state index in [1.807, 2.05) is 6.08 Å². The number of nitrogens with zero attached hydrogens (tertiary/aromatic N) is 2. The average molecular weight is 264 g/mol. The molecule has 0 spiro atoms. The van der Waals surface area contributed by atoms with Gasteiger partial charge >= 0.3 is 0 Å². The molecule has 0 unspecified atom stereocenters. The van der Waals surface area contributed by atoms with Gasteiger partial charge in [0.05, 0.1) is 6.33 Å². The van der Waals surface area contributed by atoms with Crippen LogP contribution in [0, 0.1) is 0 Å². The number of aromatic nitrogens is 2. The first kappa shape index (κ1) is 10.5. The Bertz CT molecular complexity index is 361. The standard InChI is InChI=1S/C8H8BrClN2O/c9-7-5-11-6-12(8(7)13)4-2-1-3-10/h1-2,5-6H,3-4H2. The van der Waals surface area contributed by atoms with Gasteiger partial charge in [-0.05, 0) is 15.9 Å². The van der Waals surface area contributed by atoms with Crippen LogP contribution in [-0.2, 0) is 6.54 Å². The Balaban J connectivity index is 2.84. The van der Waals surface area contributed by atoms with E-state index < -0.39 is 0 Å². The van der Waals surface area contributed by atoms with Gasteiger partial charge in [0, 0.05) is 18.6 Å². The van der Waals surface area contributed by atoms with Crippen molar-refractivity contribution in [1.82, 2.24) is 9.55 Å². The minimum absolute atomic E-state index is 0.0887. The van der Waals surface area contributed by atoms with E-state index >= 15 is 0 Å². The van der Waals surface area contributed by atoms with Gasteiger partial charge in [-0.1, -0.05) is 12.2 Å². The first-order valence-corrected chi connectivity index (χ1v) is 4.99. The lowest BCUT2D eigenvalue weighted by Gasteiger charge is -1.99. The van der Waals surface area contributed by atoms with Crippen LogP contribution in [0.3, 0.4) is 0 Å². The van der Waals surface area contributed by atoms with Gasteiger partial charge in [-0.15, -0.1) is 11.6 Å². The van der Waals surface area contributed by atoms with E-state index in [1.54, 1.807) is 6.08 Å². The second kappa shape index (κ2) is 5.19. The van der Waals surface area contributed by atoms with Gasteiger partial charge in [0.2, 0.25) is 0 Å². The lowest BCUT2D eigenvalue weighted by Crippen LogP contribution is -2.19. The summed E-state index contributed by atoms with van der Waals surface area (Å²) in [4.78, 5) is 15.2. The fourth-order valence-electron chi connectivity index (χ4n) is 0.805. The van der Waals surface area contributed by atoms with Crippen molar-refractivity contribution in [2.24, 2.45) is 0 Å². The molecule has 0 aliphatic rings. The number of hydrogen-bond donors (Lipinski definition) is 0. The summed E-state index contributed by atoms with van der Waals surface area (Å²) < 4.78 is 1.96. The lowest BCUT2D eigenvalue weighted by molar-refractivity contribution is 0.747. The summed E-state index contributed by atoms with van der Waals surface area (Å²) in [5, 5.41) is 0. The average Bonchev–Trinajstić information content (AvgIpc) is 2.13. The minimum Gasteiger partial charge on any atom is -0.294 e. The second-order valence-electron chi connectivity index (χ2n) is 2.32. The van der Waals surface area contributed by atoms with E-state index in [4.69, 9.17) is 11.6 Å². The van der Waals surface area contributed by atoms with Gasteiger partial charge in [-0.2, -0.15) is 0 Å². The molecule has 3 nitrogen and oxygen atoms in total. The minimum atomic E-state index is -0.0887. The molecule has 0 aromatic carbocycles. The maximum atomic E-state index is 11.4. The largest absolute Gasteiger partial charge is 0.294 e. The van der Waals surface area contributed by atoms with Crippen molar-refractivity contribution >= 4 is 27.5 Å². The SMILES string of the molecule is O=c1c(Br)cncn1CC=CCCl. The van der Waals surface area contributed by atoms with Crippen LogP contribution in [0.4, 0.5) is 0 Å². The summed E-state index contributed by atoms with van der Waals surface area (Å²) in [6.45, 7) is 0.498. The molecular weight excluding hydrogens is 255 g/mol. The van der Waals surface area contributed by atoms with E-state index in [-0.39, 0.29) is 5.56 Å². The molecule has 0 N–H and O–H groups in total. The third kappa shape index (κ3) is 2.97. The summed E-state index contributed by atoms with van der Waals surface area (Å²) in [5.41, 5.74) is -0.0887. The molecule has 0 aliphatic heterocycles. The van der Waals surface area contributed by atoms with Crippen molar-refractivity contribution in [1.29, 1.82) is 0 Å². The lowest BCUT2D eigenvalue weighted by atomic mass is 10.5.